The summed E-state index contributed by atoms with van der Waals surface area (Å²) in [6.45, 7) is 5.87. The first-order chi connectivity index (χ1) is 14.1. The monoisotopic (exact) mass is 392 g/mol. The fourth-order valence-corrected chi connectivity index (χ4v) is 3.82. The number of amides is 1. The lowest BCUT2D eigenvalue weighted by atomic mass is 10.0. The first-order valence-corrected chi connectivity index (χ1v) is 10.4. The number of hydrogen-bond acceptors (Lipinski definition) is 5. The highest BCUT2D eigenvalue weighted by atomic mass is 16.2. The van der Waals surface area contributed by atoms with Crippen molar-refractivity contribution in [1.29, 1.82) is 0 Å². The second kappa shape index (κ2) is 8.59. The van der Waals surface area contributed by atoms with Gasteiger partial charge < -0.3 is 10.2 Å². The van der Waals surface area contributed by atoms with E-state index in [1.807, 2.05) is 41.4 Å². The summed E-state index contributed by atoms with van der Waals surface area (Å²) >= 11 is 0. The lowest BCUT2D eigenvalue weighted by Gasteiger charge is -2.32. The van der Waals surface area contributed by atoms with Crippen LogP contribution in [0.3, 0.4) is 0 Å². The Morgan fingerprint density at radius 3 is 2.72 bits per heavy atom. The van der Waals surface area contributed by atoms with Crippen LogP contribution in [0.4, 0.5) is 5.95 Å². The third kappa shape index (κ3) is 4.72. The zero-order valence-corrected chi connectivity index (χ0v) is 17.1. The van der Waals surface area contributed by atoms with Crippen molar-refractivity contribution in [2.75, 3.05) is 18.4 Å². The van der Waals surface area contributed by atoms with Crippen LogP contribution >= 0.6 is 0 Å². The molecule has 0 unspecified atom stereocenters. The second-order valence-electron chi connectivity index (χ2n) is 8.19. The number of carbonyl (C=O) groups is 1. The zero-order chi connectivity index (χ0) is 20.2. The Morgan fingerprint density at radius 1 is 1.24 bits per heavy atom. The lowest BCUT2D eigenvalue weighted by molar-refractivity contribution is -0.131. The van der Waals surface area contributed by atoms with Gasteiger partial charge in [0.25, 0.3) is 0 Å². The average molecular weight is 393 g/mol. The predicted molar refractivity (Wildman–Crippen MR) is 114 cm³/mol. The van der Waals surface area contributed by atoms with E-state index in [4.69, 9.17) is 0 Å². The normalized spacial score (nSPS) is 15.2. The second-order valence-corrected chi connectivity index (χ2v) is 8.19. The number of nitrogens with one attached hydrogen (secondary N) is 2. The number of piperidine rings is 1. The molecule has 152 valence electrons. The molecule has 0 bridgehead atoms. The van der Waals surface area contributed by atoms with Crippen LogP contribution < -0.4 is 5.32 Å². The largest absolute Gasteiger partial charge is 0.351 e. The van der Waals surface area contributed by atoms with Gasteiger partial charge in [0.05, 0.1) is 11.8 Å². The van der Waals surface area contributed by atoms with E-state index in [0.29, 0.717) is 23.9 Å². The number of nitrogens with zero attached hydrogens (tertiary/aromatic N) is 4. The topological polar surface area (TPSA) is 86.8 Å². The highest BCUT2D eigenvalue weighted by molar-refractivity contribution is 5.79. The Hall–Kier alpha value is -2.96. The van der Waals surface area contributed by atoms with Gasteiger partial charge in [0.15, 0.2) is 5.65 Å². The van der Waals surface area contributed by atoms with Gasteiger partial charge in [-0.2, -0.15) is 10.1 Å². The molecule has 7 heteroatoms. The molecule has 1 fully saturated rings. The summed E-state index contributed by atoms with van der Waals surface area (Å²) in [6.07, 6.45) is 5.03. The van der Waals surface area contributed by atoms with E-state index < -0.39 is 0 Å². The molecule has 3 aromatic rings. The molecular formula is C22H28N6O. The third-order valence-electron chi connectivity index (χ3n) is 5.38. The van der Waals surface area contributed by atoms with Crippen molar-refractivity contribution in [2.24, 2.45) is 5.92 Å². The molecule has 2 N–H and O–H groups in total. The molecule has 3 heterocycles. The molecule has 1 aliphatic heterocycles. The Kier molecular flexibility index (Phi) is 5.74. The lowest BCUT2D eigenvalue weighted by Crippen LogP contribution is -2.43. The average Bonchev–Trinajstić information content (AvgIpc) is 3.10. The Balaban J connectivity index is 1.32. The molecule has 4 rings (SSSR count). The SMILES string of the molecule is CC(C)Cc1[nH]nc2nc(NC3CCN(C(=O)Cc4ccccc4)CC3)ncc12. The predicted octanol–water partition coefficient (Wildman–Crippen LogP) is 3.20. The van der Waals surface area contributed by atoms with Gasteiger partial charge in [0.2, 0.25) is 11.9 Å². The summed E-state index contributed by atoms with van der Waals surface area (Å²) in [5.41, 5.74) is 2.86. The van der Waals surface area contributed by atoms with Crippen LogP contribution in [0.5, 0.6) is 0 Å². The van der Waals surface area contributed by atoms with Gasteiger partial charge in [-0.3, -0.25) is 9.89 Å². The molecule has 1 aromatic carbocycles. The molecule has 0 saturated carbocycles. The Morgan fingerprint density at radius 2 is 2.00 bits per heavy atom. The molecule has 0 aliphatic carbocycles. The molecule has 1 amide bonds. The fourth-order valence-electron chi connectivity index (χ4n) is 3.82. The van der Waals surface area contributed by atoms with Gasteiger partial charge in [-0.15, -0.1) is 0 Å². The first-order valence-electron chi connectivity index (χ1n) is 10.4. The summed E-state index contributed by atoms with van der Waals surface area (Å²) in [5, 5.41) is 11.8. The summed E-state index contributed by atoms with van der Waals surface area (Å²) in [6, 6.07) is 10.2. The van der Waals surface area contributed by atoms with Crippen molar-refractivity contribution in [3.8, 4) is 0 Å². The summed E-state index contributed by atoms with van der Waals surface area (Å²) in [5.74, 6) is 1.35. The van der Waals surface area contributed by atoms with Gasteiger partial charge >= 0.3 is 0 Å². The molecule has 0 spiro atoms. The van der Waals surface area contributed by atoms with Crippen LogP contribution in [-0.2, 0) is 17.6 Å². The highest BCUT2D eigenvalue weighted by Crippen LogP contribution is 2.20. The summed E-state index contributed by atoms with van der Waals surface area (Å²) in [7, 11) is 0. The maximum atomic E-state index is 12.5. The smallest absolute Gasteiger partial charge is 0.226 e. The Bertz CT molecular complexity index is 960. The van der Waals surface area contributed by atoms with E-state index in [-0.39, 0.29) is 11.9 Å². The minimum absolute atomic E-state index is 0.196. The van der Waals surface area contributed by atoms with Crippen LogP contribution in [-0.4, -0.2) is 50.1 Å². The quantitative estimate of drug-likeness (QED) is 0.673. The van der Waals surface area contributed by atoms with Crippen LogP contribution in [0.1, 0.15) is 37.9 Å². The van der Waals surface area contributed by atoms with Gasteiger partial charge in [-0.1, -0.05) is 44.2 Å². The standard InChI is InChI=1S/C22H28N6O/c1-15(2)12-19-18-14-23-22(25-21(18)27-26-19)24-17-8-10-28(11-9-17)20(29)13-16-6-4-3-5-7-16/h3-7,14-15,17H,8-13H2,1-2H3,(H2,23,24,25,26,27). The first kappa shape index (κ1) is 19.4. The number of likely N-dealkylation sites (tertiary alicyclic amines) is 1. The van der Waals surface area contributed by atoms with Crippen LogP contribution in [0.2, 0.25) is 0 Å². The molecule has 29 heavy (non-hydrogen) atoms. The molecule has 0 radical (unpaired) electrons. The Labute approximate surface area is 170 Å². The maximum absolute atomic E-state index is 12.5. The maximum Gasteiger partial charge on any atom is 0.226 e. The van der Waals surface area contributed by atoms with Crippen LogP contribution in [0, 0.1) is 5.92 Å². The van der Waals surface area contributed by atoms with Crippen molar-refractivity contribution in [3.05, 3.63) is 47.8 Å². The van der Waals surface area contributed by atoms with Crippen molar-refractivity contribution < 1.29 is 4.79 Å². The number of carbonyl (C=O) groups excluding carboxylic acids is 1. The number of fused-ring (bicyclic) bond motifs is 1. The van der Waals surface area contributed by atoms with E-state index in [1.165, 1.54) is 0 Å². The van der Waals surface area contributed by atoms with E-state index >= 15 is 0 Å². The van der Waals surface area contributed by atoms with E-state index in [2.05, 4.69) is 39.3 Å². The molecule has 0 atom stereocenters. The number of hydrogen-bond donors (Lipinski definition) is 2. The number of H-pyrrole nitrogens is 1. The van der Waals surface area contributed by atoms with Crippen molar-refractivity contribution in [2.45, 2.75) is 45.6 Å². The van der Waals surface area contributed by atoms with E-state index in [0.717, 1.165) is 49.0 Å². The van der Waals surface area contributed by atoms with Gasteiger partial charge in [-0.25, -0.2) is 4.98 Å². The molecular weight excluding hydrogens is 364 g/mol. The zero-order valence-electron chi connectivity index (χ0n) is 17.1. The van der Waals surface area contributed by atoms with Crippen molar-refractivity contribution >= 4 is 22.9 Å². The van der Waals surface area contributed by atoms with Gasteiger partial charge in [0, 0.05) is 31.0 Å². The molecule has 7 nitrogen and oxygen atoms in total. The van der Waals surface area contributed by atoms with E-state index in [1.54, 1.807) is 0 Å². The number of aromatic nitrogens is 4. The van der Waals surface area contributed by atoms with Crippen LogP contribution in [0.25, 0.3) is 11.0 Å². The van der Waals surface area contributed by atoms with Crippen molar-refractivity contribution in [3.63, 3.8) is 0 Å². The number of aromatic amines is 1. The third-order valence-corrected chi connectivity index (χ3v) is 5.38. The van der Waals surface area contributed by atoms with E-state index in [9.17, 15) is 4.79 Å². The van der Waals surface area contributed by atoms with Crippen molar-refractivity contribution in [1.82, 2.24) is 25.1 Å². The van der Waals surface area contributed by atoms with Crippen LogP contribution in [0.15, 0.2) is 36.5 Å². The highest BCUT2D eigenvalue weighted by Gasteiger charge is 2.23. The van der Waals surface area contributed by atoms with Gasteiger partial charge in [-0.05, 0) is 30.7 Å². The number of benzene rings is 1. The number of anilines is 1. The fraction of sp³-hybridized carbons (Fsp3) is 0.455. The molecule has 1 aliphatic rings. The molecule has 2 aromatic heterocycles. The minimum atomic E-state index is 0.196. The molecule has 1 saturated heterocycles. The van der Waals surface area contributed by atoms with Gasteiger partial charge in [0.1, 0.15) is 0 Å². The summed E-state index contributed by atoms with van der Waals surface area (Å²) < 4.78 is 0. The summed E-state index contributed by atoms with van der Waals surface area (Å²) in [4.78, 5) is 23.5. The number of rotatable bonds is 6. The minimum Gasteiger partial charge on any atom is -0.351 e.